The number of unbranched alkanes of at least 4 members (excludes halogenated alkanes) is 1. The highest BCUT2D eigenvalue weighted by Crippen LogP contribution is 2.17. The fourth-order valence-corrected chi connectivity index (χ4v) is 3.65. The van der Waals surface area contributed by atoms with Gasteiger partial charge in [-0.15, -0.1) is 0 Å². The minimum Gasteiger partial charge on any atom is -0.428 e. The SMILES string of the molecule is CCCCc1ccc(C(=O)C(CC)N[C@H](C)[C@@H](CBOCN)C(=O)CCC)cc1. The van der Waals surface area contributed by atoms with Crippen molar-refractivity contribution in [2.45, 2.75) is 84.6 Å². The number of carbonyl (C=O) groups excluding carboxylic acids is 2. The summed E-state index contributed by atoms with van der Waals surface area (Å²) in [7, 11) is 0.451. The van der Waals surface area contributed by atoms with E-state index in [9.17, 15) is 9.59 Å². The van der Waals surface area contributed by atoms with Gasteiger partial charge in [-0.1, -0.05) is 51.5 Å². The zero-order chi connectivity index (χ0) is 21.6. The van der Waals surface area contributed by atoms with Crippen LogP contribution in [0.25, 0.3) is 0 Å². The molecule has 0 aliphatic carbocycles. The molecule has 0 aromatic heterocycles. The lowest BCUT2D eigenvalue weighted by Crippen LogP contribution is -2.47. The van der Waals surface area contributed by atoms with Crippen LogP contribution in [-0.4, -0.2) is 37.9 Å². The van der Waals surface area contributed by atoms with E-state index < -0.39 is 0 Å². The molecule has 0 spiro atoms. The molecule has 3 atom stereocenters. The number of Topliss-reactive ketones (excluding diaryl/α,β-unsaturated/α-hetero) is 2. The van der Waals surface area contributed by atoms with E-state index in [0.29, 0.717) is 26.6 Å². The molecule has 0 saturated carbocycles. The predicted molar refractivity (Wildman–Crippen MR) is 122 cm³/mol. The Labute approximate surface area is 177 Å². The van der Waals surface area contributed by atoms with E-state index in [4.69, 9.17) is 10.4 Å². The van der Waals surface area contributed by atoms with Crippen LogP contribution in [0.4, 0.5) is 0 Å². The molecule has 3 N–H and O–H groups in total. The summed E-state index contributed by atoms with van der Waals surface area (Å²) in [6.45, 7) is 8.33. The van der Waals surface area contributed by atoms with Gasteiger partial charge in [0, 0.05) is 23.9 Å². The van der Waals surface area contributed by atoms with E-state index in [1.807, 2.05) is 32.9 Å². The van der Waals surface area contributed by atoms with E-state index in [1.165, 1.54) is 5.56 Å². The molecule has 5 nitrogen and oxygen atoms in total. The summed E-state index contributed by atoms with van der Waals surface area (Å²) in [5.41, 5.74) is 7.39. The maximum absolute atomic E-state index is 13.0. The van der Waals surface area contributed by atoms with Crippen molar-refractivity contribution in [1.82, 2.24) is 5.32 Å². The lowest BCUT2D eigenvalue weighted by molar-refractivity contribution is -0.123. The van der Waals surface area contributed by atoms with Crippen molar-refractivity contribution in [1.29, 1.82) is 0 Å². The first-order valence-corrected chi connectivity index (χ1v) is 11.2. The molecule has 0 saturated heterocycles. The molecule has 0 bridgehead atoms. The van der Waals surface area contributed by atoms with Gasteiger partial charge >= 0.3 is 0 Å². The van der Waals surface area contributed by atoms with Gasteiger partial charge < -0.3 is 15.7 Å². The molecule has 0 aliphatic rings. The number of carbonyl (C=O) groups is 2. The van der Waals surface area contributed by atoms with E-state index in [1.54, 1.807) is 0 Å². The van der Waals surface area contributed by atoms with Crippen LogP contribution in [0.15, 0.2) is 24.3 Å². The van der Waals surface area contributed by atoms with Gasteiger partial charge in [-0.25, -0.2) is 0 Å². The predicted octanol–water partition coefficient (Wildman–Crippen LogP) is 3.66. The molecule has 1 aromatic rings. The zero-order valence-corrected chi connectivity index (χ0v) is 18.7. The monoisotopic (exact) mass is 402 g/mol. The molecule has 0 aliphatic heterocycles. The Morgan fingerprint density at radius 2 is 1.83 bits per heavy atom. The molecule has 162 valence electrons. The average Bonchev–Trinajstić information content (AvgIpc) is 2.73. The standard InChI is InChI=1S/C23H39BN2O3/c1-5-8-10-18-11-13-19(14-12-18)23(28)21(7-3)26-17(4)20(15-24-29-16-25)22(27)9-6-2/h11-14,17,20-21,24,26H,5-10,15-16,25H2,1-4H3/t17-,20-,21?/m1/s1. The largest absolute Gasteiger partial charge is 0.428 e. The molecular weight excluding hydrogens is 363 g/mol. The van der Waals surface area contributed by atoms with Gasteiger partial charge in [0.25, 0.3) is 7.48 Å². The molecule has 0 heterocycles. The van der Waals surface area contributed by atoms with Gasteiger partial charge in [-0.05, 0) is 44.5 Å². The number of hydrogen-bond donors (Lipinski definition) is 2. The maximum Gasteiger partial charge on any atom is 0.277 e. The highest BCUT2D eigenvalue weighted by molar-refractivity contribution is 6.28. The number of ketones is 2. The smallest absolute Gasteiger partial charge is 0.277 e. The van der Waals surface area contributed by atoms with Gasteiger partial charge in [-0.3, -0.25) is 9.59 Å². The van der Waals surface area contributed by atoms with Gasteiger partial charge in [0.2, 0.25) is 0 Å². The molecule has 1 unspecified atom stereocenters. The van der Waals surface area contributed by atoms with Crippen molar-refractivity contribution < 1.29 is 14.2 Å². The van der Waals surface area contributed by atoms with E-state index in [2.05, 4.69) is 24.4 Å². The summed E-state index contributed by atoms with van der Waals surface area (Å²) in [4.78, 5) is 25.6. The van der Waals surface area contributed by atoms with Crippen LogP contribution >= 0.6 is 0 Å². The van der Waals surface area contributed by atoms with Gasteiger partial charge in [0.05, 0.1) is 12.8 Å². The molecule has 6 heteroatoms. The molecule has 0 fully saturated rings. The van der Waals surface area contributed by atoms with E-state index in [-0.39, 0.29) is 36.3 Å². The van der Waals surface area contributed by atoms with Crippen LogP contribution in [0.5, 0.6) is 0 Å². The number of rotatable bonds is 16. The van der Waals surface area contributed by atoms with Crippen LogP contribution < -0.4 is 11.1 Å². The quantitative estimate of drug-likeness (QED) is 0.191. The second-order valence-corrected chi connectivity index (χ2v) is 7.77. The minimum atomic E-state index is -0.307. The van der Waals surface area contributed by atoms with E-state index in [0.717, 1.165) is 31.2 Å². The third kappa shape index (κ3) is 8.81. The number of aryl methyl sites for hydroxylation is 1. The lowest BCUT2D eigenvalue weighted by Gasteiger charge is -2.27. The van der Waals surface area contributed by atoms with Gasteiger partial charge in [0.15, 0.2) is 5.78 Å². The minimum absolute atomic E-state index is 0.0845. The summed E-state index contributed by atoms with van der Waals surface area (Å²) in [6.07, 6.45) is 6.02. The second-order valence-electron chi connectivity index (χ2n) is 7.77. The fraction of sp³-hybridized carbons (Fsp3) is 0.652. The molecule has 29 heavy (non-hydrogen) atoms. The first-order valence-electron chi connectivity index (χ1n) is 11.2. The molecule has 1 aromatic carbocycles. The Kier molecular flexibility index (Phi) is 12.8. The summed E-state index contributed by atoms with van der Waals surface area (Å²) >= 11 is 0. The Balaban J connectivity index is 2.80. The summed E-state index contributed by atoms with van der Waals surface area (Å²) in [5, 5.41) is 3.42. The molecule has 0 amide bonds. The zero-order valence-electron chi connectivity index (χ0n) is 18.7. The van der Waals surface area contributed by atoms with Crippen molar-refractivity contribution >= 4 is 19.0 Å². The van der Waals surface area contributed by atoms with E-state index >= 15 is 0 Å². The summed E-state index contributed by atoms with van der Waals surface area (Å²) in [6, 6.07) is 7.55. The van der Waals surface area contributed by atoms with Crippen molar-refractivity contribution in [2.24, 2.45) is 11.7 Å². The molecule has 0 radical (unpaired) electrons. The van der Waals surface area contributed by atoms with Crippen LogP contribution in [0, 0.1) is 5.92 Å². The second kappa shape index (κ2) is 14.5. The van der Waals surface area contributed by atoms with Crippen LogP contribution in [0.1, 0.15) is 75.7 Å². The summed E-state index contributed by atoms with van der Waals surface area (Å²) < 4.78 is 5.26. The Hall–Kier alpha value is -1.50. The molecular formula is C23H39BN2O3. The van der Waals surface area contributed by atoms with Crippen LogP contribution in [0.3, 0.4) is 0 Å². The topological polar surface area (TPSA) is 81.4 Å². The van der Waals surface area contributed by atoms with Gasteiger partial charge in [-0.2, -0.15) is 0 Å². The summed E-state index contributed by atoms with van der Waals surface area (Å²) in [5.74, 6) is 0.122. The van der Waals surface area contributed by atoms with Crippen molar-refractivity contribution in [2.75, 3.05) is 6.73 Å². The van der Waals surface area contributed by atoms with Gasteiger partial charge in [0.1, 0.15) is 5.78 Å². The Morgan fingerprint density at radius 1 is 1.14 bits per heavy atom. The number of benzene rings is 1. The number of nitrogens with one attached hydrogen (secondary N) is 1. The average molecular weight is 402 g/mol. The normalized spacial score (nSPS) is 14.2. The highest BCUT2D eigenvalue weighted by Gasteiger charge is 2.28. The van der Waals surface area contributed by atoms with Crippen LogP contribution in [-0.2, 0) is 15.9 Å². The Bertz CT molecular complexity index is 607. The first kappa shape index (κ1) is 25.5. The molecule has 1 rings (SSSR count). The fourth-order valence-electron chi connectivity index (χ4n) is 3.65. The van der Waals surface area contributed by atoms with Crippen molar-refractivity contribution in [3.05, 3.63) is 35.4 Å². The third-order valence-electron chi connectivity index (χ3n) is 5.45. The lowest BCUT2D eigenvalue weighted by atomic mass is 9.77. The number of nitrogens with two attached hydrogens (primary N) is 1. The first-order chi connectivity index (χ1) is 14.0. The van der Waals surface area contributed by atoms with Crippen molar-refractivity contribution in [3.8, 4) is 0 Å². The highest BCUT2D eigenvalue weighted by atomic mass is 16.4. The number of hydrogen-bond acceptors (Lipinski definition) is 5. The van der Waals surface area contributed by atoms with Crippen LogP contribution in [0.2, 0.25) is 6.32 Å². The Morgan fingerprint density at radius 3 is 2.38 bits per heavy atom. The third-order valence-corrected chi connectivity index (χ3v) is 5.45. The van der Waals surface area contributed by atoms with Crippen molar-refractivity contribution in [3.63, 3.8) is 0 Å². The maximum atomic E-state index is 13.0.